The van der Waals surface area contributed by atoms with Gasteiger partial charge in [0.25, 0.3) is 0 Å². The van der Waals surface area contributed by atoms with E-state index in [0.29, 0.717) is 12.0 Å². The Kier molecular flexibility index (Phi) is 5.07. The minimum Gasteiger partial charge on any atom is -0.326 e. The fraction of sp³-hybridized carbons (Fsp3) is 1.00. The normalized spacial score (nSPS) is 19.2. The molecule has 0 heterocycles. The third-order valence-corrected chi connectivity index (χ3v) is 3.36. The van der Waals surface area contributed by atoms with Crippen molar-refractivity contribution in [3.63, 3.8) is 0 Å². The first-order chi connectivity index (χ1) is 7.00. The molecular formula is C13H28N2. The van der Waals surface area contributed by atoms with Gasteiger partial charge in [-0.25, -0.2) is 0 Å². The molecule has 1 atom stereocenters. The Morgan fingerprint density at radius 1 is 1.20 bits per heavy atom. The van der Waals surface area contributed by atoms with Gasteiger partial charge in [0.05, 0.1) is 0 Å². The van der Waals surface area contributed by atoms with Crippen LogP contribution in [-0.2, 0) is 0 Å². The monoisotopic (exact) mass is 212 g/mol. The number of rotatable bonds is 7. The SMILES string of the molecule is CC(C)CCN(CC(N)C(C)C)C1CC1. The molecule has 15 heavy (non-hydrogen) atoms. The molecule has 1 aliphatic carbocycles. The fourth-order valence-corrected chi connectivity index (χ4v) is 1.77. The zero-order chi connectivity index (χ0) is 11.4. The maximum Gasteiger partial charge on any atom is 0.0191 e. The summed E-state index contributed by atoms with van der Waals surface area (Å²) in [5.41, 5.74) is 6.15. The highest BCUT2D eigenvalue weighted by molar-refractivity contribution is 4.87. The van der Waals surface area contributed by atoms with Gasteiger partial charge in [0.15, 0.2) is 0 Å². The first-order valence-corrected chi connectivity index (χ1v) is 6.50. The van der Waals surface area contributed by atoms with Gasteiger partial charge in [0.1, 0.15) is 0 Å². The van der Waals surface area contributed by atoms with E-state index in [1.807, 2.05) is 0 Å². The van der Waals surface area contributed by atoms with Gasteiger partial charge in [-0.1, -0.05) is 27.7 Å². The Morgan fingerprint density at radius 3 is 2.20 bits per heavy atom. The Labute approximate surface area is 95.2 Å². The summed E-state index contributed by atoms with van der Waals surface area (Å²) in [4.78, 5) is 2.62. The summed E-state index contributed by atoms with van der Waals surface area (Å²) in [7, 11) is 0. The van der Waals surface area contributed by atoms with Crippen molar-refractivity contribution in [3.8, 4) is 0 Å². The second-order valence-electron chi connectivity index (χ2n) is 5.82. The van der Waals surface area contributed by atoms with Crippen molar-refractivity contribution in [2.45, 2.75) is 59.0 Å². The van der Waals surface area contributed by atoms with Gasteiger partial charge in [0, 0.05) is 18.6 Å². The lowest BCUT2D eigenvalue weighted by Crippen LogP contribution is -2.42. The molecule has 0 amide bonds. The van der Waals surface area contributed by atoms with Crippen molar-refractivity contribution in [2.75, 3.05) is 13.1 Å². The van der Waals surface area contributed by atoms with E-state index in [-0.39, 0.29) is 0 Å². The van der Waals surface area contributed by atoms with Crippen molar-refractivity contribution in [2.24, 2.45) is 17.6 Å². The molecule has 1 saturated carbocycles. The van der Waals surface area contributed by atoms with Gasteiger partial charge in [-0.15, -0.1) is 0 Å². The highest BCUT2D eigenvalue weighted by Crippen LogP contribution is 2.27. The largest absolute Gasteiger partial charge is 0.326 e. The molecule has 0 aromatic heterocycles. The van der Waals surface area contributed by atoms with Gasteiger partial charge >= 0.3 is 0 Å². The van der Waals surface area contributed by atoms with Crippen LogP contribution in [0, 0.1) is 11.8 Å². The van der Waals surface area contributed by atoms with Crippen LogP contribution in [0.4, 0.5) is 0 Å². The van der Waals surface area contributed by atoms with Crippen molar-refractivity contribution >= 4 is 0 Å². The van der Waals surface area contributed by atoms with E-state index in [9.17, 15) is 0 Å². The second kappa shape index (κ2) is 5.86. The van der Waals surface area contributed by atoms with Crippen molar-refractivity contribution in [1.82, 2.24) is 4.90 Å². The van der Waals surface area contributed by atoms with E-state index in [1.54, 1.807) is 0 Å². The summed E-state index contributed by atoms with van der Waals surface area (Å²) in [5.74, 6) is 1.41. The summed E-state index contributed by atoms with van der Waals surface area (Å²) in [6.07, 6.45) is 4.09. The minimum atomic E-state index is 0.345. The van der Waals surface area contributed by atoms with Gasteiger partial charge in [0.2, 0.25) is 0 Å². The van der Waals surface area contributed by atoms with Crippen LogP contribution in [0.25, 0.3) is 0 Å². The van der Waals surface area contributed by atoms with E-state index in [4.69, 9.17) is 5.73 Å². The molecule has 0 saturated heterocycles. The molecule has 0 aromatic rings. The molecule has 0 spiro atoms. The lowest BCUT2D eigenvalue weighted by atomic mass is 10.0. The van der Waals surface area contributed by atoms with Crippen molar-refractivity contribution in [1.29, 1.82) is 0 Å². The molecule has 1 aliphatic rings. The van der Waals surface area contributed by atoms with E-state index < -0.39 is 0 Å². The first kappa shape index (κ1) is 13.0. The predicted molar refractivity (Wildman–Crippen MR) is 66.9 cm³/mol. The van der Waals surface area contributed by atoms with Crippen LogP contribution in [-0.4, -0.2) is 30.1 Å². The second-order valence-corrected chi connectivity index (χ2v) is 5.82. The van der Waals surface area contributed by atoms with Crippen LogP contribution >= 0.6 is 0 Å². The Hall–Kier alpha value is -0.0800. The molecule has 0 bridgehead atoms. The van der Waals surface area contributed by atoms with Gasteiger partial charge in [-0.3, -0.25) is 4.90 Å². The molecule has 0 aliphatic heterocycles. The van der Waals surface area contributed by atoms with Crippen LogP contribution < -0.4 is 5.73 Å². The van der Waals surface area contributed by atoms with Gasteiger partial charge in [-0.2, -0.15) is 0 Å². The molecule has 2 nitrogen and oxygen atoms in total. The zero-order valence-corrected chi connectivity index (χ0v) is 10.9. The maximum atomic E-state index is 6.15. The van der Waals surface area contributed by atoms with Crippen LogP contribution in [0.5, 0.6) is 0 Å². The van der Waals surface area contributed by atoms with E-state index in [0.717, 1.165) is 18.5 Å². The summed E-state index contributed by atoms with van der Waals surface area (Å²) < 4.78 is 0. The quantitative estimate of drug-likeness (QED) is 0.702. The number of nitrogens with zero attached hydrogens (tertiary/aromatic N) is 1. The molecule has 2 heteroatoms. The molecule has 1 unspecified atom stereocenters. The average Bonchev–Trinajstić information content (AvgIpc) is 2.94. The minimum absolute atomic E-state index is 0.345. The molecule has 1 rings (SSSR count). The number of nitrogens with two attached hydrogens (primary N) is 1. The third-order valence-electron chi connectivity index (χ3n) is 3.36. The van der Waals surface area contributed by atoms with E-state index >= 15 is 0 Å². The standard InChI is InChI=1S/C13H28N2/c1-10(2)7-8-15(12-5-6-12)9-13(14)11(3)4/h10-13H,5-9,14H2,1-4H3. The van der Waals surface area contributed by atoms with Crippen LogP contribution in [0.1, 0.15) is 47.0 Å². The zero-order valence-electron chi connectivity index (χ0n) is 10.9. The lowest BCUT2D eigenvalue weighted by molar-refractivity contribution is 0.217. The van der Waals surface area contributed by atoms with Crippen molar-refractivity contribution in [3.05, 3.63) is 0 Å². The molecule has 90 valence electrons. The summed E-state index contributed by atoms with van der Waals surface area (Å²) in [6, 6.07) is 1.20. The molecule has 0 aromatic carbocycles. The van der Waals surface area contributed by atoms with Crippen molar-refractivity contribution < 1.29 is 0 Å². The summed E-state index contributed by atoms with van der Waals surface area (Å²) >= 11 is 0. The highest BCUT2D eigenvalue weighted by atomic mass is 15.2. The van der Waals surface area contributed by atoms with E-state index in [2.05, 4.69) is 32.6 Å². The highest BCUT2D eigenvalue weighted by Gasteiger charge is 2.29. The van der Waals surface area contributed by atoms with Crippen LogP contribution in [0.2, 0.25) is 0 Å². The fourth-order valence-electron chi connectivity index (χ4n) is 1.77. The molecular weight excluding hydrogens is 184 g/mol. The first-order valence-electron chi connectivity index (χ1n) is 6.50. The Balaban J connectivity index is 2.30. The van der Waals surface area contributed by atoms with Gasteiger partial charge in [-0.05, 0) is 37.6 Å². The number of hydrogen-bond donors (Lipinski definition) is 1. The average molecular weight is 212 g/mol. The maximum absolute atomic E-state index is 6.15. The predicted octanol–water partition coefficient (Wildman–Crippen LogP) is 2.48. The van der Waals surface area contributed by atoms with Crippen LogP contribution in [0.3, 0.4) is 0 Å². The summed E-state index contributed by atoms with van der Waals surface area (Å²) in [5, 5.41) is 0. The van der Waals surface area contributed by atoms with Crippen LogP contribution in [0.15, 0.2) is 0 Å². The van der Waals surface area contributed by atoms with E-state index in [1.165, 1.54) is 25.8 Å². The molecule has 0 radical (unpaired) electrons. The third kappa shape index (κ3) is 4.98. The summed E-state index contributed by atoms with van der Waals surface area (Å²) in [6.45, 7) is 11.4. The Morgan fingerprint density at radius 2 is 1.80 bits per heavy atom. The smallest absolute Gasteiger partial charge is 0.0191 e. The van der Waals surface area contributed by atoms with Gasteiger partial charge < -0.3 is 5.73 Å². The molecule has 1 fully saturated rings. The topological polar surface area (TPSA) is 29.3 Å². The number of hydrogen-bond acceptors (Lipinski definition) is 2. The molecule has 2 N–H and O–H groups in total. The lowest BCUT2D eigenvalue weighted by Gasteiger charge is -2.28. The Bertz CT molecular complexity index is 173.